The van der Waals surface area contributed by atoms with E-state index in [1.807, 2.05) is 0 Å². The number of rotatable bonds is 4. The third-order valence-corrected chi connectivity index (χ3v) is 5.88. The highest BCUT2D eigenvalue weighted by Crippen LogP contribution is 2.17. The average Bonchev–Trinajstić information content (AvgIpc) is 2.19. The van der Waals surface area contributed by atoms with Crippen LogP contribution in [0.25, 0.3) is 0 Å². The van der Waals surface area contributed by atoms with Gasteiger partial charge in [-0.2, -0.15) is 0 Å². The predicted molar refractivity (Wildman–Crippen MR) is 70.0 cm³/mol. The molecule has 0 amide bonds. The Kier molecular flexibility index (Phi) is 4.98. The van der Waals surface area contributed by atoms with Crippen molar-refractivity contribution < 1.29 is 13.2 Å². The van der Waals surface area contributed by atoms with Crippen molar-refractivity contribution in [1.82, 2.24) is 5.32 Å². The first-order valence-electron chi connectivity index (χ1n) is 6.31. The normalized spacial score (nSPS) is 27.1. The fourth-order valence-electron chi connectivity index (χ4n) is 1.86. The minimum atomic E-state index is -3.06. The fraction of sp³-hybridized carbons (Fsp3) is 1.00. The van der Waals surface area contributed by atoms with Gasteiger partial charge >= 0.3 is 0 Å². The van der Waals surface area contributed by atoms with Crippen molar-refractivity contribution in [2.75, 3.05) is 18.9 Å². The first kappa shape index (κ1) is 14.9. The molecule has 0 spiro atoms. The number of ether oxygens (including phenoxy) is 1. The summed E-state index contributed by atoms with van der Waals surface area (Å²) in [4.78, 5) is 0. The molecule has 1 aliphatic rings. The Morgan fingerprint density at radius 3 is 2.53 bits per heavy atom. The summed E-state index contributed by atoms with van der Waals surface area (Å²) in [6, 6.07) is 0.320. The van der Waals surface area contributed by atoms with Crippen molar-refractivity contribution in [2.24, 2.45) is 0 Å². The molecule has 0 radical (unpaired) electrons. The van der Waals surface area contributed by atoms with Crippen LogP contribution in [0.4, 0.5) is 0 Å². The number of nitrogens with one attached hydrogen (secondary N) is 1. The molecule has 0 saturated carbocycles. The lowest BCUT2D eigenvalue weighted by Crippen LogP contribution is -2.44. The van der Waals surface area contributed by atoms with Crippen molar-refractivity contribution in [2.45, 2.75) is 57.4 Å². The van der Waals surface area contributed by atoms with Crippen LogP contribution in [0.2, 0.25) is 0 Å². The molecule has 0 aromatic rings. The molecule has 1 aliphatic heterocycles. The summed E-state index contributed by atoms with van der Waals surface area (Å²) in [6.45, 7) is 8.60. The van der Waals surface area contributed by atoms with Crippen LogP contribution in [-0.4, -0.2) is 44.2 Å². The molecule has 2 atom stereocenters. The van der Waals surface area contributed by atoms with Gasteiger partial charge in [0, 0.05) is 6.04 Å². The summed E-state index contributed by atoms with van der Waals surface area (Å²) in [7, 11) is -3.06. The molecule has 2 unspecified atom stereocenters. The van der Waals surface area contributed by atoms with Gasteiger partial charge in [-0.1, -0.05) is 0 Å². The zero-order valence-corrected chi connectivity index (χ0v) is 12.1. The van der Waals surface area contributed by atoms with E-state index in [4.69, 9.17) is 4.74 Å². The highest BCUT2D eigenvalue weighted by molar-refractivity contribution is 7.92. The molecule has 1 fully saturated rings. The maximum absolute atomic E-state index is 11.9. The van der Waals surface area contributed by atoms with Crippen molar-refractivity contribution >= 4 is 9.84 Å². The summed E-state index contributed by atoms with van der Waals surface area (Å²) in [6.07, 6.45) is 2.27. The van der Waals surface area contributed by atoms with Gasteiger partial charge in [0.15, 0.2) is 9.84 Å². The summed E-state index contributed by atoms with van der Waals surface area (Å²) in [5, 5.41) is 3.34. The Morgan fingerprint density at radius 2 is 2.00 bits per heavy atom. The number of hydrogen-bond acceptors (Lipinski definition) is 4. The molecule has 1 N–H and O–H groups in total. The molecule has 102 valence electrons. The van der Waals surface area contributed by atoms with E-state index in [-0.39, 0.29) is 11.9 Å². The largest absolute Gasteiger partial charge is 0.376 e. The van der Waals surface area contributed by atoms with Crippen LogP contribution in [0.3, 0.4) is 0 Å². The van der Waals surface area contributed by atoms with Gasteiger partial charge < -0.3 is 10.1 Å². The fourth-order valence-corrected chi connectivity index (χ4v) is 2.79. The van der Waals surface area contributed by atoms with E-state index in [1.54, 1.807) is 20.8 Å². The van der Waals surface area contributed by atoms with Gasteiger partial charge in [-0.05, 0) is 47.1 Å². The van der Waals surface area contributed by atoms with E-state index in [1.165, 1.54) is 0 Å². The molecule has 17 heavy (non-hydrogen) atoms. The summed E-state index contributed by atoms with van der Waals surface area (Å²) >= 11 is 0. The van der Waals surface area contributed by atoms with Crippen LogP contribution < -0.4 is 5.32 Å². The van der Waals surface area contributed by atoms with Gasteiger partial charge in [0.2, 0.25) is 0 Å². The van der Waals surface area contributed by atoms with Gasteiger partial charge in [0.05, 0.1) is 23.2 Å². The second-order valence-corrected chi connectivity index (χ2v) is 8.59. The second kappa shape index (κ2) is 5.67. The van der Waals surface area contributed by atoms with Crippen LogP contribution in [0.1, 0.15) is 40.5 Å². The van der Waals surface area contributed by atoms with E-state index in [0.29, 0.717) is 12.6 Å². The van der Waals surface area contributed by atoms with Crippen molar-refractivity contribution in [3.8, 4) is 0 Å². The molecular formula is C12H25NO3S. The smallest absolute Gasteiger partial charge is 0.157 e. The Morgan fingerprint density at radius 1 is 1.35 bits per heavy atom. The maximum atomic E-state index is 11.9. The SMILES string of the molecule is CC1NCCCC1OCCS(=O)(=O)C(C)(C)C. The first-order valence-corrected chi connectivity index (χ1v) is 7.96. The molecule has 0 aromatic heterocycles. The first-order chi connectivity index (χ1) is 7.74. The van der Waals surface area contributed by atoms with E-state index in [2.05, 4.69) is 12.2 Å². The van der Waals surface area contributed by atoms with Crippen molar-refractivity contribution in [1.29, 1.82) is 0 Å². The molecular weight excluding hydrogens is 238 g/mol. The Balaban J connectivity index is 2.37. The third kappa shape index (κ3) is 4.23. The quantitative estimate of drug-likeness (QED) is 0.832. The van der Waals surface area contributed by atoms with Crippen LogP contribution >= 0.6 is 0 Å². The summed E-state index contributed by atoms with van der Waals surface area (Å²) < 4.78 is 28.8. The molecule has 1 saturated heterocycles. The van der Waals surface area contributed by atoms with Crippen LogP contribution in [0, 0.1) is 0 Å². The zero-order chi connectivity index (χ0) is 13.1. The van der Waals surface area contributed by atoms with E-state index in [9.17, 15) is 8.42 Å². The zero-order valence-electron chi connectivity index (χ0n) is 11.3. The lowest BCUT2D eigenvalue weighted by molar-refractivity contribution is 0.0212. The summed E-state index contributed by atoms with van der Waals surface area (Å²) in [5.41, 5.74) is 0. The van der Waals surface area contributed by atoms with Gasteiger partial charge in [-0.25, -0.2) is 8.42 Å². The lowest BCUT2D eigenvalue weighted by atomic mass is 10.0. The second-order valence-electron chi connectivity index (χ2n) is 5.73. The highest BCUT2D eigenvalue weighted by atomic mass is 32.2. The van der Waals surface area contributed by atoms with Gasteiger partial charge in [0.25, 0.3) is 0 Å². The molecule has 5 heteroatoms. The molecule has 1 heterocycles. The van der Waals surface area contributed by atoms with Gasteiger partial charge in [-0.15, -0.1) is 0 Å². The highest BCUT2D eigenvalue weighted by Gasteiger charge is 2.29. The van der Waals surface area contributed by atoms with Crippen LogP contribution in [-0.2, 0) is 14.6 Å². The molecule has 0 bridgehead atoms. The minimum Gasteiger partial charge on any atom is -0.376 e. The topological polar surface area (TPSA) is 55.4 Å². The maximum Gasteiger partial charge on any atom is 0.157 e. The van der Waals surface area contributed by atoms with Crippen LogP contribution in [0.5, 0.6) is 0 Å². The van der Waals surface area contributed by atoms with E-state index >= 15 is 0 Å². The molecule has 1 rings (SSSR count). The standard InChI is InChI=1S/C12H25NO3S/c1-10-11(6-5-7-13-10)16-8-9-17(14,15)12(2,3)4/h10-11,13H,5-9H2,1-4H3. The third-order valence-electron chi connectivity index (χ3n) is 3.31. The molecule has 0 aromatic carbocycles. The minimum absolute atomic E-state index is 0.111. The van der Waals surface area contributed by atoms with Crippen LogP contribution in [0.15, 0.2) is 0 Å². The Hall–Kier alpha value is -0.130. The molecule has 4 nitrogen and oxygen atoms in total. The number of piperidine rings is 1. The average molecular weight is 263 g/mol. The van der Waals surface area contributed by atoms with E-state index < -0.39 is 14.6 Å². The summed E-state index contributed by atoms with van der Waals surface area (Å²) in [5.74, 6) is 0.111. The van der Waals surface area contributed by atoms with Crippen molar-refractivity contribution in [3.05, 3.63) is 0 Å². The Bertz CT molecular complexity index is 332. The van der Waals surface area contributed by atoms with Gasteiger partial charge in [0.1, 0.15) is 0 Å². The lowest BCUT2D eigenvalue weighted by Gasteiger charge is -2.30. The number of hydrogen-bond donors (Lipinski definition) is 1. The van der Waals surface area contributed by atoms with E-state index in [0.717, 1.165) is 19.4 Å². The van der Waals surface area contributed by atoms with Gasteiger partial charge in [-0.3, -0.25) is 0 Å². The van der Waals surface area contributed by atoms with Crippen molar-refractivity contribution in [3.63, 3.8) is 0 Å². The predicted octanol–water partition coefficient (Wildman–Crippen LogP) is 1.36. The Labute approximate surface area is 105 Å². The molecule has 0 aliphatic carbocycles. The monoisotopic (exact) mass is 263 g/mol. The number of sulfone groups is 1.